The molecule has 0 saturated heterocycles. The smallest absolute Gasteiger partial charge is 0.0474 e. The molecule has 0 fully saturated rings. The van der Waals surface area contributed by atoms with Crippen molar-refractivity contribution < 1.29 is 0 Å². The number of hydrogen-bond acceptors (Lipinski definition) is 1. The topological polar surface area (TPSA) is 27.8 Å². The molecule has 1 aromatic heterocycles. The number of benzene rings is 1. The molecule has 0 radical (unpaired) electrons. The second-order valence-electron chi connectivity index (χ2n) is 2.49. The molecule has 2 nitrogen and oxygen atoms in total. The van der Waals surface area contributed by atoms with Crippen LogP contribution in [0.5, 0.6) is 0 Å². The van der Waals surface area contributed by atoms with Crippen LogP contribution in [0.15, 0.2) is 30.5 Å². The van der Waals surface area contributed by atoms with Crippen LogP contribution in [-0.2, 0) is 0 Å². The molecule has 0 atom stereocenters. The van der Waals surface area contributed by atoms with E-state index in [-0.39, 0.29) is 0 Å². The monoisotopic (exact) mass is 176 g/mol. The lowest BCUT2D eigenvalue weighted by molar-refractivity contribution is 1.47. The van der Waals surface area contributed by atoms with Gasteiger partial charge < -0.3 is 10.3 Å². The first-order chi connectivity index (χ1) is 6.42. The van der Waals surface area contributed by atoms with E-state index in [1.165, 1.54) is 16.6 Å². The molecule has 1 aromatic carbocycles. The quantitative estimate of drug-likeness (QED) is 0.686. The number of anilines is 1. The molecule has 13 heavy (non-hydrogen) atoms. The van der Waals surface area contributed by atoms with Crippen molar-refractivity contribution in [2.24, 2.45) is 0 Å². The van der Waals surface area contributed by atoms with Crippen molar-refractivity contribution in [3.05, 3.63) is 30.5 Å². The van der Waals surface area contributed by atoms with E-state index in [9.17, 15) is 0 Å². The first kappa shape index (κ1) is 9.65. The van der Waals surface area contributed by atoms with Crippen molar-refractivity contribution >= 4 is 16.6 Å². The van der Waals surface area contributed by atoms with Crippen molar-refractivity contribution in [2.75, 3.05) is 12.4 Å². The fourth-order valence-corrected chi connectivity index (χ4v) is 1.30. The van der Waals surface area contributed by atoms with Crippen molar-refractivity contribution in [1.29, 1.82) is 0 Å². The van der Waals surface area contributed by atoms with Gasteiger partial charge in [0.1, 0.15) is 0 Å². The second-order valence-corrected chi connectivity index (χ2v) is 2.49. The second kappa shape index (κ2) is 4.55. The number of hydrogen-bond donors (Lipinski definition) is 2. The van der Waals surface area contributed by atoms with Crippen LogP contribution in [0.3, 0.4) is 0 Å². The minimum Gasteiger partial charge on any atom is -0.388 e. The zero-order valence-electron chi connectivity index (χ0n) is 8.39. The third-order valence-corrected chi connectivity index (χ3v) is 1.86. The van der Waals surface area contributed by atoms with Gasteiger partial charge in [-0.25, -0.2) is 0 Å². The predicted octanol–water partition coefficient (Wildman–Crippen LogP) is 3.24. The summed E-state index contributed by atoms with van der Waals surface area (Å²) < 4.78 is 0. The van der Waals surface area contributed by atoms with Gasteiger partial charge in [0.05, 0.1) is 0 Å². The first-order valence-electron chi connectivity index (χ1n) is 4.65. The van der Waals surface area contributed by atoms with Gasteiger partial charge >= 0.3 is 0 Å². The molecule has 1 heterocycles. The normalized spacial score (nSPS) is 9.15. The highest BCUT2D eigenvalue weighted by atomic mass is 14.8. The van der Waals surface area contributed by atoms with Gasteiger partial charge in [0.15, 0.2) is 0 Å². The van der Waals surface area contributed by atoms with E-state index in [2.05, 4.69) is 28.5 Å². The van der Waals surface area contributed by atoms with Crippen molar-refractivity contribution in [3.63, 3.8) is 0 Å². The van der Waals surface area contributed by atoms with Gasteiger partial charge in [-0.3, -0.25) is 0 Å². The largest absolute Gasteiger partial charge is 0.388 e. The maximum absolute atomic E-state index is 3.15. The molecule has 2 heteroatoms. The Morgan fingerprint density at radius 2 is 1.92 bits per heavy atom. The molecule has 0 aliphatic heterocycles. The first-order valence-corrected chi connectivity index (χ1v) is 4.65. The van der Waals surface area contributed by atoms with Crippen molar-refractivity contribution in [3.8, 4) is 0 Å². The predicted molar refractivity (Wildman–Crippen MR) is 59.2 cm³/mol. The molecular weight excluding hydrogens is 160 g/mol. The molecule has 2 aromatic rings. The average Bonchev–Trinajstić information content (AvgIpc) is 2.68. The Labute approximate surface area is 79.0 Å². The summed E-state index contributed by atoms with van der Waals surface area (Å²) in [6.07, 6.45) is 1.95. The summed E-state index contributed by atoms with van der Waals surface area (Å²) in [7, 11) is 1.93. The average molecular weight is 176 g/mol. The number of aromatic amines is 1. The lowest BCUT2D eigenvalue weighted by Gasteiger charge is -1.99. The Bertz CT molecular complexity index is 363. The van der Waals surface area contributed by atoms with Crippen molar-refractivity contribution in [2.45, 2.75) is 13.8 Å². The van der Waals surface area contributed by atoms with E-state index in [1.807, 2.05) is 33.2 Å². The van der Waals surface area contributed by atoms with Gasteiger partial charge in [-0.1, -0.05) is 19.9 Å². The lowest BCUT2D eigenvalue weighted by atomic mass is 10.2. The Kier molecular flexibility index (Phi) is 3.38. The summed E-state index contributed by atoms with van der Waals surface area (Å²) in [6.45, 7) is 4.00. The van der Waals surface area contributed by atoms with E-state index < -0.39 is 0 Å². The summed E-state index contributed by atoms with van der Waals surface area (Å²) in [6, 6.07) is 8.23. The molecule has 2 N–H and O–H groups in total. The van der Waals surface area contributed by atoms with Gasteiger partial charge in [-0.05, 0) is 18.2 Å². The van der Waals surface area contributed by atoms with Gasteiger partial charge in [0.2, 0.25) is 0 Å². The summed E-state index contributed by atoms with van der Waals surface area (Å²) in [5, 5.41) is 4.38. The lowest BCUT2D eigenvalue weighted by Crippen LogP contribution is -1.86. The van der Waals surface area contributed by atoms with Crippen LogP contribution in [0.4, 0.5) is 5.69 Å². The highest BCUT2D eigenvalue weighted by molar-refractivity contribution is 5.91. The molecule has 0 amide bonds. The minimum atomic E-state index is 1.17. The molecule has 0 aliphatic rings. The van der Waals surface area contributed by atoms with E-state index >= 15 is 0 Å². The summed E-state index contributed by atoms with van der Waals surface area (Å²) >= 11 is 0. The highest BCUT2D eigenvalue weighted by Crippen LogP contribution is 2.20. The Balaban J connectivity index is 0.000000396. The number of fused-ring (bicyclic) bond motifs is 1. The number of H-pyrrole nitrogens is 1. The SMILES string of the molecule is CC.CNc1cccc2[nH]ccc12. The van der Waals surface area contributed by atoms with E-state index in [0.717, 1.165) is 0 Å². The van der Waals surface area contributed by atoms with Gasteiger partial charge in [-0.15, -0.1) is 0 Å². The summed E-state index contributed by atoms with van der Waals surface area (Å²) in [5.41, 5.74) is 2.35. The standard InChI is InChI=1S/C9H10N2.C2H6/c1-10-8-3-2-4-9-7(8)5-6-11-9;1-2/h2-6,10-11H,1H3;1-2H3. The summed E-state index contributed by atoms with van der Waals surface area (Å²) in [5.74, 6) is 0. The molecular formula is C11H16N2. The van der Waals surface area contributed by atoms with Gasteiger partial charge in [-0.2, -0.15) is 0 Å². The number of nitrogens with one attached hydrogen (secondary N) is 2. The van der Waals surface area contributed by atoms with Gasteiger partial charge in [0, 0.05) is 29.8 Å². The van der Waals surface area contributed by atoms with Gasteiger partial charge in [0.25, 0.3) is 0 Å². The van der Waals surface area contributed by atoms with Crippen LogP contribution in [0, 0.1) is 0 Å². The van der Waals surface area contributed by atoms with Crippen LogP contribution in [-0.4, -0.2) is 12.0 Å². The van der Waals surface area contributed by atoms with E-state index in [0.29, 0.717) is 0 Å². The molecule has 0 aliphatic carbocycles. The summed E-state index contributed by atoms with van der Waals surface area (Å²) in [4.78, 5) is 3.15. The fourth-order valence-electron chi connectivity index (χ4n) is 1.30. The Morgan fingerprint density at radius 3 is 2.62 bits per heavy atom. The van der Waals surface area contributed by atoms with Crippen molar-refractivity contribution in [1.82, 2.24) is 4.98 Å². The minimum absolute atomic E-state index is 1.17. The van der Waals surface area contributed by atoms with Crippen LogP contribution in [0.25, 0.3) is 10.9 Å². The third kappa shape index (κ3) is 1.83. The molecule has 0 unspecified atom stereocenters. The van der Waals surface area contributed by atoms with Crippen LogP contribution in [0.1, 0.15) is 13.8 Å². The Hall–Kier alpha value is -1.44. The molecule has 0 spiro atoms. The maximum Gasteiger partial charge on any atom is 0.0474 e. The third-order valence-electron chi connectivity index (χ3n) is 1.86. The highest BCUT2D eigenvalue weighted by Gasteiger charge is 1.96. The number of rotatable bonds is 1. The zero-order chi connectivity index (χ0) is 9.68. The fraction of sp³-hybridized carbons (Fsp3) is 0.273. The molecule has 2 rings (SSSR count). The van der Waals surface area contributed by atoms with Crippen LogP contribution < -0.4 is 5.32 Å². The Morgan fingerprint density at radius 1 is 1.15 bits per heavy atom. The molecule has 0 saturated carbocycles. The van der Waals surface area contributed by atoms with E-state index in [4.69, 9.17) is 0 Å². The maximum atomic E-state index is 3.15. The zero-order valence-corrected chi connectivity index (χ0v) is 8.39. The van der Waals surface area contributed by atoms with Crippen LogP contribution in [0.2, 0.25) is 0 Å². The van der Waals surface area contributed by atoms with Crippen LogP contribution >= 0.6 is 0 Å². The number of aromatic nitrogens is 1. The molecule has 0 bridgehead atoms. The molecule has 70 valence electrons. The van der Waals surface area contributed by atoms with E-state index in [1.54, 1.807) is 0 Å².